The van der Waals surface area contributed by atoms with Crippen molar-refractivity contribution in [1.82, 2.24) is 0 Å². The predicted molar refractivity (Wildman–Crippen MR) is 83.3 cm³/mol. The second-order valence-electron chi connectivity index (χ2n) is 6.39. The number of fused-ring (bicyclic) bond motifs is 1. The fourth-order valence-electron chi connectivity index (χ4n) is 3.49. The van der Waals surface area contributed by atoms with E-state index in [1.54, 1.807) is 12.0 Å². The first kappa shape index (κ1) is 14.5. The zero-order valence-corrected chi connectivity index (χ0v) is 12.9. The molecule has 4 heteroatoms. The highest BCUT2D eigenvalue weighted by molar-refractivity contribution is 5.95. The van der Waals surface area contributed by atoms with E-state index in [-0.39, 0.29) is 17.6 Å². The topological polar surface area (TPSA) is 55.6 Å². The third-order valence-electron chi connectivity index (χ3n) is 5.17. The Balaban J connectivity index is 1.79. The van der Waals surface area contributed by atoms with Gasteiger partial charge in [-0.3, -0.25) is 4.79 Å². The van der Waals surface area contributed by atoms with Gasteiger partial charge in [0.25, 0.3) is 0 Å². The van der Waals surface area contributed by atoms with Gasteiger partial charge >= 0.3 is 0 Å². The van der Waals surface area contributed by atoms with Crippen LogP contribution in [0.2, 0.25) is 0 Å². The second-order valence-corrected chi connectivity index (χ2v) is 6.39. The summed E-state index contributed by atoms with van der Waals surface area (Å²) in [4.78, 5) is 13.5. The van der Waals surface area contributed by atoms with Crippen molar-refractivity contribution < 1.29 is 9.53 Å². The summed E-state index contributed by atoms with van der Waals surface area (Å²) < 4.78 is 5.68. The number of carbonyl (C=O) groups is 1. The summed E-state index contributed by atoms with van der Waals surface area (Å²) in [6.07, 6.45) is 5.73. The molecule has 2 aliphatic rings. The van der Waals surface area contributed by atoms with Crippen molar-refractivity contribution in [3.05, 3.63) is 29.3 Å². The maximum atomic E-state index is 11.7. The molecule has 0 spiro atoms. The highest BCUT2D eigenvalue weighted by atomic mass is 16.5. The van der Waals surface area contributed by atoms with E-state index in [1.807, 2.05) is 13.1 Å². The Bertz CT molecular complexity index is 546. The zero-order chi connectivity index (χ0) is 15.0. The van der Waals surface area contributed by atoms with Gasteiger partial charge in [0.05, 0.1) is 5.60 Å². The fourth-order valence-corrected chi connectivity index (χ4v) is 3.49. The van der Waals surface area contributed by atoms with E-state index >= 15 is 0 Å². The zero-order valence-electron chi connectivity index (χ0n) is 12.9. The molecule has 3 rings (SSSR count). The molecule has 1 amide bonds. The predicted octanol–water partition coefficient (Wildman–Crippen LogP) is 2.55. The number of rotatable bonds is 4. The molecule has 1 aliphatic heterocycles. The number of benzene rings is 1. The molecule has 2 N–H and O–H groups in total. The molecule has 0 radical (unpaired) electrons. The van der Waals surface area contributed by atoms with Gasteiger partial charge in [0, 0.05) is 32.3 Å². The van der Waals surface area contributed by atoms with Crippen molar-refractivity contribution in [2.24, 2.45) is 5.73 Å². The van der Waals surface area contributed by atoms with Gasteiger partial charge in [-0.05, 0) is 49.3 Å². The Kier molecular flexibility index (Phi) is 3.76. The first-order valence-electron chi connectivity index (χ1n) is 7.75. The van der Waals surface area contributed by atoms with Crippen LogP contribution in [0, 0.1) is 0 Å². The van der Waals surface area contributed by atoms with Crippen molar-refractivity contribution >= 4 is 11.6 Å². The van der Waals surface area contributed by atoms with Crippen molar-refractivity contribution in [2.45, 2.75) is 50.2 Å². The third kappa shape index (κ3) is 2.58. The minimum atomic E-state index is -0.0118. The molecule has 1 aliphatic carbocycles. The van der Waals surface area contributed by atoms with Crippen LogP contribution in [0.5, 0.6) is 0 Å². The van der Waals surface area contributed by atoms with Crippen LogP contribution in [-0.2, 0) is 16.0 Å². The molecule has 0 aromatic heterocycles. The number of aryl methyl sites for hydroxylation is 1. The van der Waals surface area contributed by atoms with E-state index in [0.29, 0.717) is 6.42 Å². The van der Waals surface area contributed by atoms with Crippen LogP contribution in [0.4, 0.5) is 5.69 Å². The molecular weight excluding hydrogens is 264 g/mol. The van der Waals surface area contributed by atoms with Gasteiger partial charge in [0.2, 0.25) is 5.91 Å². The van der Waals surface area contributed by atoms with Crippen LogP contribution in [-0.4, -0.2) is 25.7 Å². The molecule has 21 heavy (non-hydrogen) atoms. The maximum absolute atomic E-state index is 11.7. The largest absolute Gasteiger partial charge is 0.378 e. The quantitative estimate of drug-likeness (QED) is 0.926. The van der Waals surface area contributed by atoms with Crippen molar-refractivity contribution in [2.75, 3.05) is 19.1 Å². The summed E-state index contributed by atoms with van der Waals surface area (Å²) in [5, 5.41) is 0. The Labute approximate surface area is 126 Å². The number of methoxy groups -OCH3 is 1. The Morgan fingerprint density at radius 2 is 2.14 bits per heavy atom. The van der Waals surface area contributed by atoms with E-state index in [0.717, 1.165) is 36.9 Å². The second kappa shape index (κ2) is 5.43. The first-order valence-corrected chi connectivity index (χ1v) is 7.75. The molecule has 0 saturated heterocycles. The lowest BCUT2D eigenvalue weighted by Gasteiger charge is -2.42. The number of amides is 1. The van der Waals surface area contributed by atoms with Crippen LogP contribution in [0.3, 0.4) is 0 Å². The monoisotopic (exact) mass is 288 g/mol. The molecule has 0 bridgehead atoms. The highest BCUT2D eigenvalue weighted by Gasteiger charge is 2.38. The van der Waals surface area contributed by atoms with Gasteiger partial charge in [0.15, 0.2) is 0 Å². The lowest BCUT2D eigenvalue weighted by molar-refractivity contribution is -0.118. The van der Waals surface area contributed by atoms with Crippen molar-refractivity contribution in [1.29, 1.82) is 0 Å². The minimum Gasteiger partial charge on any atom is -0.378 e. The van der Waals surface area contributed by atoms with Gasteiger partial charge in [-0.1, -0.05) is 12.1 Å². The normalized spacial score (nSPS) is 21.7. The molecule has 1 saturated carbocycles. The summed E-state index contributed by atoms with van der Waals surface area (Å²) in [7, 11) is 3.63. The number of carbonyl (C=O) groups excluding carboxylic acids is 1. The van der Waals surface area contributed by atoms with Gasteiger partial charge in [-0.15, -0.1) is 0 Å². The lowest BCUT2D eigenvalue weighted by Crippen LogP contribution is -2.41. The number of ether oxygens (including phenoxy) is 1. The number of hydrogen-bond donors (Lipinski definition) is 1. The average Bonchev–Trinajstić information content (AvgIpc) is 2.46. The van der Waals surface area contributed by atoms with E-state index in [4.69, 9.17) is 10.5 Å². The molecule has 1 aromatic rings. The van der Waals surface area contributed by atoms with Crippen molar-refractivity contribution in [3.63, 3.8) is 0 Å². The van der Waals surface area contributed by atoms with E-state index in [2.05, 4.69) is 12.1 Å². The van der Waals surface area contributed by atoms with Crippen LogP contribution < -0.4 is 10.6 Å². The Hall–Kier alpha value is -1.39. The molecule has 1 fully saturated rings. The summed E-state index contributed by atoms with van der Waals surface area (Å²) in [6.45, 7) is 0. The van der Waals surface area contributed by atoms with E-state index in [1.165, 1.54) is 12.0 Å². The number of nitrogens with zero attached hydrogens (tertiary/aromatic N) is 1. The molecule has 1 heterocycles. The summed E-state index contributed by atoms with van der Waals surface area (Å²) in [6, 6.07) is 6.26. The third-order valence-corrected chi connectivity index (χ3v) is 5.17. The van der Waals surface area contributed by atoms with E-state index < -0.39 is 0 Å². The molecule has 1 atom stereocenters. The van der Waals surface area contributed by atoms with Crippen LogP contribution in [0.15, 0.2) is 18.2 Å². The summed E-state index contributed by atoms with van der Waals surface area (Å²) in [5.74, 6) is 0.187. The minimum absolute atomic E-state index is 0.00140. The van der Waals surface area contributed by atoms with Crippen LogP contribution in [0.25, 0.3) is 0 Å². The van der Waals surface area contributed by atoms with Gasteiger partial charge in [-0.25, -0.2) is 0 Å². The summed E-state index contributed by atoms with van der Waals surface area (Å²) >= 11 is 0. The SMILES string of the molecule is COC1(CC(N)c2ccc3c(c2)CCC(=O)N3C)CCC1. The Morgan fingerprint density at radius 1 is 1.38 bits per heavy atom. The molecule has 114 valence electrons. The standard InChI is InChI=1S/C17H24N2O2/c1-19-15-6-4-12(10-13(15)5-7-16(19)20)14(18)11-17(21-2)8-3-9-17/h4,6,10,14H,3,5,7-9,11,18H2,1-2H3. The molecule has 1 unspecified atom stereocenters. The number of anilines is 1. The van der Waals surface area contributed by atoms with Crippen LogP contribution >= 0.6 is 0 Å². The number of hydrogen-bond acceptors (Lipinski definition) is 3. The molecule has 4 nitrogen and oxygen atoms in total. The van der Waals surface area contributed by atoms with E-state index in [9.17, 15) is 4.79 Å². The molecule has 1 aromatic carbocycles. The fraction of sp³-hybridized carbons (Fsp3) is 0.588. The van der Waals surface area contributed by atoms with Crippen LogP contribution in [0.1, 0.15) is 49.3 Å². The maximum Gasteiger partial charge on any atom is 0.227 e. The summed E-state index contributed by atoms with van der Waals surface area (Å²) in [5.41, 5.74) is 9.79. The van der Waals surface area contributed by atoms with Gasteiger partial charge < -0.3 is 15.4 Å². The lowest BCUT2D eigenvalue weighted by atomic mass is 9.74. The smallest absolute Gasteiger partial charge is 0.227 e. The van der Waals surface area contributed by atoms with Crippen molar-refractivity contribution in [3.8, 4) is 0 Å². The first-order chi connectivity index (χ1) is 10.0. The van der Waals surface area contributed by atoms with Gasteiger partial charge in [-0.2, -0.15) is 0 Å². The van der Waals surface area contributed by atoms with Gasteiger partial charge in [0.1, 0.15) is 0 Å². The average molecular weight is 288 g/mol. The highest BCUT2D eigenvalue weighted by Crippen LogP contribution is 2.41. The number of nitrogens with two attached hydrogens (primary N) is 1. The molecular formula is C17H24N2O2. The Morgan fingerprint density at radius 3 is 2.76 bits per heavy atom.